The summed E-state index contributed by atoms with van der Waals surface area (Å²) in [6.45, 7) is 1.79. The molecule has 0 bridgehead atoms. The molecule has 0 amide bonds. The lowest BCUT2D eigenvalue weighted by Gasteiger charge is -2.09. The first-order valence-electron chi connectivity index (χ1n) is 6.63. The maximum Gasteiger partial charge on any atom is 0.213 e. The molecule has 4 nitrogen and oxygen atoms in total. The minimum absolute atomic E-state index is 0.549. The number of hydrogen-bond donors (Lipinski definition) is 0. The maximum absolute atomic E-state index is 5.62. The Balaban J connectivity index is 1.62. The van der Waals surface area contributed by atoms with Crippen molar-refractivity contribution < 1.29 is 14.2 Å². The fourth-order valence-corrected chi connectivity index (χ4v) is 1.77. The number of rotatable bonds is 8. The molecule has 2 aromatic rings. The third-order valence-electron chi connectivity index (χ3n) is 2.77. The van der Waals surface area contributed by atoms with Gasteiger partial charge in [-0.3, -0.25) is 0 Å². The van der Waals surface area contributed by atoms with Gasteiger partial charge in [0, 0.05) is 24.2 Å². The van der Waals surface area contributed by atoms with Crippen LogP contribution in [0.2, 0.25) is 0 Å². The second-order valence-corrected chi connectivity index (χ2v) is 4.23. The number of aromatic nitrogens is 1. The van der Waals surface area contributed by atoms with Gasteiger partial charge in [-0.1, -0.05) is 24.3 Å². The van der Waals surface area contributed by atoms with Gasteiger partial charge in [0.1, 0.15) is 5.75 Å². The number of methoxy groups -OCH3 is 1. The zero-order valence-corrected chi connectivity index (χ0v) is 11.6. The van der Waals surface area contributed by atoms with Crippen LogP contribution in [0.4, 0.5) is 0 Å². The van der Waals surface area contributed by atoms with Gasteiger partial charge in [0.2, 0.25) is 5.88 Å². The molecule has 2 rings (SSSR count). The topological polar surface area (TPSA) is 40.6 Å². The van der Waals surface area contributed by atoms with Crippen molar-refractivity contribution >= 4 is 0 Å². The lowest BCUT2D eigenvalue weighted by atomic mass is 10.2. The van der Waals surface area contributed by atoms with E-state index in [0.29, 0.717) is 25.7 Å². The molecule has 0 radical (unpaired) electrons. The molecule has 4 heteroatoms. The minimum Gasteiger partial charge on any atom is -0.496 e. The third kappa shape index (κ3) is 4.55. The number of ether oxygens (including phenoxy) is 3. The molecule has 0 atom stereocenters. The van der Waals surface area contributed by atoms with Gasteiger partial charge in [-0.2, -0.15) is 0 Å². The summed E-state index contributed by atoms with van der Waals surface area (Å²) in [7, 11) is 1.67. The molecular weight excluding hydrogens is 254 g/mol. The number of pyridine rings is 1. The van der Waals surface area contributed by atoms with Crippen molar-refractivity contribution in [1.82, 2.24) is 4.98 Å². The second-order valence-electron chi connectivity index (χ2n) is 4.23. The van der Waals surface area contributed by atoms with Crippen molar-refractivity contribution in [3.05, 3.63) is 54.2 Å². The third-order valence-corrected chi connectivity index (χ3v) is 2.77. The summed E-state index contributed by atoms with van der Waals surface area (Å²) in [6, 6.07) is 13.5. The van der Waals surface area contributed by atoms with Crippen molar-refractivity contribution in [3.63, 3.8) is 0 Å². The first-order valence-corrected chi connectivity index (χ1v) is 6.63. The highest BCUT2D eigenvalue weighted by atomic mass is 16.5. The van der Waals surface area contributed by atoms with Crippen LogP contribution in [0.1, 0.15) is 12.0 Å². The summed E-state index contributed by atoms with van der Waals surface area (Å²) >= 11 is 0. The lowest BCUT2D eigenvalue weighted by Crippen LogP contribution is -2.04. The summed E-state index contributed by atoms with van der Waals surface area (Å²) in [5, 5.41) is 0. The summed E-state index contributed by atoms with van der Waals surface area (Å²) in [5.74, 6) is 1.51. The molecule has 0 saturated carbocycles. The number of benzene rings is 1. The smallest absolute Gasteiger partial charge is 0.213 e. The fourth-order valence-electron chi connectivity index (χ4n) is 1.77. The monoisotopic (exact) mass is 273 g/mol. The van der Waals surface area contributed by atoms with E-state index in [4.69, 9.17) is 14.2 Å². The zero-order valence-electron chi connectivity index (χ0n) is 11.6. The average Bonchev–Trinajstić information content (AvgIpc) is 2.52. The van der Waals surface area contributed by atoms with Crippen molar-refractivity contribution in [2.45, 2.75) is 13.0 Å². The fraction of sp³-hybridized carbons (Fsp3) is 0.312. The van der Waals surface area contributed by atoms with Gasteiger partial charge in [0.05, 0.1) is 26.9 Å². The van der Waals surface area contributed by atoms with Crippen LogP contribution >= 0.6 is 0 Å². The van der Waals surface area contributed by atoms with Crippen LogP contribution in [0.5, 0.6) is 11.6 Å². The van der Waals surface area contributed by atoms with Crippen LogP contribution in [0.25, 0.3) is 0 Å². The standard InChI is InChI=1S/C16H19NO3/c1-18-15-8-3-2-7-14(15)13-19-11-6-12-20-16-9-4-5-10-17-16/h2-5,7-10H,6,11-13H2,1H3. The van der Waals surface area contributed by atoms with Crippen LogP contribution < -0.4 is 9.47 Å². The van der Waals surface area contributed by atoms with Gasteiger partial charge < -0.3 is 14.2 Å². The van der Waals surface area contributed by atoms with E-state index >= 15 is 0 Å². The highest BCUT2D eigenvalue weighted by Gasteiger charge is 2.01. The highest BCUT2D eigenvalue weighted by Crippen LogP contribution is 2.17. The molecule has 1 aromatic heterocycles. The van der Waals surface area contributed by atoms with E-state index in [2.05, 4.69) is 4.98 Å². The number of para-hydroxylation sites is 1. The van der Waals surface area contributed by atoms with E-state index in [-0.39, 0.29) is 0 Å². The Labute approximate surface area is 119 Å². The quantitative estimate of drug-likeness (QED) is 0.693. The Hall–Kier alpha value is -2.07. The molecule has 106 valence electrons. The Morgan fingerprint density at radius 2 is 1.85 bits per heavy atom. The largest absolute Gasteiger partial charge is 0.496 e. The highest BCUT2D eigenvalue weighted by molar-refractivity contribution is 5.32. The van der Waals surface area contributed by atoms with Gasteiger partial charge >= 0.3 is 0 Å². The first-order chi connectivity index (χ1) is 9.90. The molecule has 0 N–H and O–H groups in total. The Kier molecular flexibility index (Phi) is 5.86. The molecule has 0 aliphatic heterocycles. The van der Waals surface area contributed by atoms with Crippen LogP contribution in [-0.4, -0.2) is 25.3 Å². The molecule has 1 aromatic carbocycles. The van der Waals surface area contributed by atoms with Crippen molar-refractivity contribution in [2.75, 3.05) is 20.3 Å². The van der Waals surface area contributed by atoms with E-state index in [9.17, 15) is 0 Å². The van der Waals surface area contributed by atoms with E-state index in [0.717, 1.165) is 17.7 Å². The van der Waals surface area contributed by atoms with Crippen molar-refractivity contribution in [3.8, 4) is 11.6 Å². The van der Waals surface area contributed by atoms with E-state index in [1.54, 1.807) is 13.3 Å². The molecule has 20 heavy (non-hydrogen) atoms. The van der Waals surface area contributed by atoms with Gasteiger partial charge in [-0.25, -0.2) is 4.98 Å². The Bertz CT molecular complexity index is 502. The predicted octanol–water partition coefficient (Wildman–Crippen LogP) is 3.08. The number of nitrogens with zero attached hydrogens (tertiary/aromatic N) is 1. The summed E-state index contributed by atoms with van der Waals surface area (Å²) in [6.07, 6.45) is 2.54. The summed E-state index contributed by atoms with van der Waals surface area (Å²) in [5.41, 5.74) is 1.06. The molecule has 0 fully saturated rings. The molecule has 0 aliphatic carbocycles. The molecular formula is C16H19NO3. The molecule has 0 spiro atoms. The number of hydrogen-bond acceptors (Lipinski definition) is 4. The zero-order chi connectivity index (χ0) is 14.0. The van der Waals surface area contributed by atoms with Gasteiger partial charge in [0.25, 0.3) is 0 Å². The molecule has 0 unspecified atom stereocenters. The normalized spacial score (nSPS) is 10.2. The van der Waals surface area contributed by atoms with Gasteiger partial charge in [0.15, 0.2) is 0 Å². The van der Waals surface area contributed by atoms with Crippen molar-refractivity contribution in [1.29, 1.82) is 0 Å². The molecule has 0 saturated heterocycles. The van der Waals surface area contributed by atoms with Crippen LogP contribution in [0.15, 0.2) is 48.7 Å². The lowest BCUT2D eigenvalue weighted by molar-refractivity contribution is 0.105. The average molecular weight is 273 g/mol. The van der Waals surface area contributed by atoms with E-state index < -0.39 is 0 Å². The predicted molar refractivity (Wildman–Crippen MR) is 77.0 cm³/mol. The van der Waals surface area contributed by atoms with Gasteiger partial charge in [-0.15, -0.1) is 0 Å². The second kappa shape index (κ2) is 8.17. The minimum atomic E-state index is 0.549. The first kappa shape index (κ1) is 14.3. The molecule has 0 aliphatic rings. The maximum atomic E-state index is 5.62. The Morgan fingerprint density at radius 3 is 2.65 bits per heavy atom. The van der Waals surface area contributed by atoms with Gasteiger partial charge in [-0.05, 0) is 12.1 Å². The SMILES string of the molecule is COc1ccccc1COCCCOc1ccccn1. The van der Waals surface area contributed by atoms with E-state index in [1.807, 2.05) is 42.5 Å². The van der Waals surface area contributed by atoms with Crippen molar-refractivity contribution in [2.24, 2.45) is 0 Å². The molecule has 1 heterocycles. The van der Waals surface area contributed by atoms with Crippen LogP contribution in [0, 0.1) is 0 Å². The van der Waals surface area contributed by atoms with Crippen LogP contribution in [-0.2, 0) is 11.3 Å². The summed E-state index contributed by atoms with van der Waals surface area (Å²) < 4.78 is 16.4. The Morgan fingerprint density at radius 1 is 1.00 bits per heavy atom. The van der Waals surface area contributed by atoms with Crippen LogP contribution in [0.3, 0.4) is 0 Å². The van der Waals surface area contributed by atoms with E-state index in [1.165, 1.54) is 0 Å². The summed E-state index contributed by atoms with van der Waals surface area (Å²) in [4.78, 5) is 4.09.